The van der Waals surface area contributed by atoms with Gasteiger partial charge in [-0.15, -0.1) is 0 Å². The van der Waals surface area contributed by atoms with Crippen LogP contribution in [-0.4, -0.2) is 34.1 Å². The van der Waals surface area contributed by atoms with Crippen LogP contribution in [0.3, 0.4) is 0 Å². The molecule has 2 heterocycles. The first-order valence-corrected chi connectivity index (χ1v) is 5.96. The molecule has 1 aliphatic heterocycles. The fraction of sp³-hybridized carbons (Fsp3) is 0.583. The van der Waals surface area contributed by atoms with Crippen molar-refractivity contribution >= 4 is 11.9 Å². The van der Waals surface area contributed by atoms with Crippen LogP contribution in [0, 0.1) is 11.3 Å². The van der Waals surface area contributed by atoms with E-state index in [2.05, 4.69) is 9.97 Å². The zero-order chi connectivity index (χ0) is 11.9. The lowest BCUT2D eigenvalue weighted by molar-refractivity contribution is -0.146. The highest BCUT2D eigenvalue weighted by molar-refractivity contribution is 5.73. The largest absolute Gasteiger partial charge is 0.481 e. The van der Waals surface area contributed by atoms with Gasteiger partial charge in [0.2, 0.25) is 5.95 Å². The van der Waals surface area contributed by atoms with Gasteiger partial charge >= 0.3 is 5.97 Å². The van der Waals surface area contributed by atoms with Crippen molar-refractivity contribution in [3.63, 3.8) is 0 Å². The molecule has 1 aromatic rings. The number of aliphatic carboxylic acids is 1. The van der Waals surface area contributed by atoms with Crippen LogP contribution in [0.1, 0.15) is 19.3 Å². The average molecular weight is 233 g/mol. The second-order valence-corrected chi connectivity index (χ2v) is 5.04. The van der Waals surface area contributed by atoms with Crippen molar-refractivity contribution in [1.82, 2.24) is 9.97 Å². The summed E-state index contributed by atoms with van der Waals surface area (Å²) in [5.41, 5.74) is -0.0228. The second kappa shape index (κ2) is 3.68. The molecule has 0 aromatic carbocycles. The Morgan fingerprint density at radius 1 is 1.41 bits per heavy atom. The SMILES string of the molecule is O=C(O)C1CN(c2ncccn2)CC12CCC2. The fourth-order valence-corrected chi connectivity index (χ4v) is 3.05. The van der Waals surface area contributed by atoms with Crippen LogP contribution in [0.2, 0.25) is 0 Å². The molecule has 1 N–H and O–H groups in total. The third-order valence-corrected chi connectivity index (χ3v) is 4.13. The number of rotatable bonds is 2. The zero-order valence-corrected chi connectivity index (χ0v) is 9.54. The number of nitrogens with zero attached hydrogens (tertiary/aromatic N) is 3. The second-order valence-electron chi connectivity index (χ2n) is 5.04. The molecular formula is C12H15N3O2. The molecule has 2 fully saturated rings. The molecule has 1 spiro atoms. The summed E-state index contributed by atoms with van der Waals surface area (Å²) in [5, 5.41) is 9.31. The van der Waals surface area contributed by atoms with Gasteiger partial charge in [0.05, 0.1) is 5.92 Å². The monoisotopic (exact) mass is 233 g/mol. The van der Waals surface area contributed by atoms with E-state index in [0.29, 0.717) is 12.5 Å². The summed E-state index contributed by atoms with van der Waals surface area (Å²) in [6.45, 7) is 1.33. The summed E-state index contributed by atoms with van der Waals surface area (Å²) >= 11 is 0. The van der Waals surface area contributed by atoms with Crippen molar-refractivity contribution in [3.05, 3.63) is 18.5 Å². The Morgan fingerprint density at radius 3 is 2.59 bits per heavy atom. The normalized spacial score (nSPS) is 25.9. The van der Waals surface area contributed by atoms with Gasteiger partial charge in [0.25, 0.3) is 0 Å². The first kappa shape index (κ1) is 10.5. The summed E-state index contributed by atoms with van der Waals surface area (Å²) in [7, 11) is 0. The molecule has 0 bridgehead atoms. The molecule has 1 unspecified atom stereocenters. The molecule has 1 saturated heterocycles. The van der Waals surface area contributed by atoms with Gasteiger partial charge in [0, 0.05) is 30.9 Å². The Bertz CT molecular complexity index is 431. The molecule has 1 atom stereocenters. The van der Waals surface area contributed by atoms with Crippen molar-refractivity contribution in [2.24, 2.45) is 11.3 Å². The quantitative estimate of drug-likeness (QED) is 0.830. The molecule has 0 radical (unpaired) electrons. The number of anilines is 1. The van der Waals surface area contributed by atoms with E-state index < -0.39 is 5.97 Å². The maximum absolute atomic E-state index is 11.3. The Hall–Kier alpha value is -1.65. The van der Waals surface area contributed by atoms with Gasteiger partial charge in [-0.2, -0.15) is 0 Å². The summed E-state index contributed by atoms with van der Waals surface area (Å²) in [6.07, 6.45) is 6.58. The van der Waals surface area contributed by atoms with Gasteiger partial charge in [0.15, 0.2) is 0 Å². The highest BCUT2D eigenvalue weighted by Gasteiger charge is 2.54. The number of carbonyl (C=O) groups is 1. The van der Waals surface area contributed by atoms with Crippen molar-refractivity contribution in [1.29, 1.82) is 0 Å². The van der Waals surface area contributed by atoms with E-state index in [1.807, 2.05) is 4.90 Å². The molecule has 5 nitrogen and oxygen atoms in total. The van der Waals surface area contributed by atoms with E-state index in [1.165, 1.54) is 0 Å². The minimum Gasteiger partial charge on any atom is -0.481 e. The molecular weight excluding hydrogens is 218 g/mol. The summed E-state index contributed by atoms with van der Waals surface area (Å²) < 4.78 is 0. The highest BCUT2D eigenvalue weighted by Crippen LogP contribution is 2.52. The molecule has 2 aliphatic rings. The van der Waals surface area contributed by atoms with E-state index in [1.54, 1.807) is 18.5 Å². The Morgan fingerprint density at radius 2 is 2.12 bits per heavy atom. The lowest BCUT2D eigenvalue weighted by Gasteiger charge is -2.40. The van der Waals surface area contributed by atoms with E-state index in [0.717, 1.165) is 25.8 Å². The lowest BCUT2D eigenvalue weighted by Crippen LogP contribution is -2.40. The number of hydrogen-bond acceptors (Lipinski definition) is 4. The maximum atomic E-state index is 11.3. The third kappa shape index (κ3) is 1.57. The minimum absolute atomic E-state index is 0.0228. The maximum Gasteiger partial charge on any atom is 0.308 e. The molecule has 1 saturated carbocycles. The van der Waals surface area contributed by atoms with Gasteiger partial charge in [-0.05, 0) is 18.9 Å². The molecule has 17 heavy (non-hydrogen) atoms. The van der Waals surface area contributed by atoms with E-state index in [4.69, 9.17) is 0 Å². The molecule has 5 heteroatoms. The van der Waals surface area contributed by atoms with Gasteiger partial charge in [-0.25, -0.2) is 9.97 Å². The smallest absolute Gasteiger partial charge is 0.308 e. The van der Waals surface area contributed by atoms with Crippen LogP contribution in [0.5, 0.6) is 0 Å². The summed E-state index contributed by atoms with van der Waals surface area (Å²) in [6, 6.07) is 1.77. The predicted octanol–water partition coefficient (Wildman–Crippen LogP) is 1.17. The van der Waals surface area contributed by atoms with Gasteiger partial charge < -0.3 is 10.0 Å². The van der Waals surface area contributed by atoms with Crippen molar-refractivity contribution in [3.8, 4) is 0 Å². The summed E-state index contributed by atoms with van der Waals surface area (Å²) in [4.78, 5) is 21.7. The van der Waals surface area contributed by atoms with Gasteiger partial charge in [-0.3, -0.25) is 4.79 Å². The molecule has 1 aliphatic carbocycles. The molecule has 0 amide bonds. The standard InChI is InChI=1S/C12H15N3O2/c16-10(17)9-7-15(8-12(9)3-1-4-12)11-13-5-2-6-14-11/h2,5-6,9H,1,3-4,7-8H2,(H,16,17). The Labute approximate surface area is 99.5 Å². The van der Waals surface area contributed by atoms with Crippen LogP contribution >= 0.6 is 0 Å². The Kier molecular flexibility index (Phi) is 2.28. The van der Waals surface area contributed by atoms with Gasteiger partial charge in [0.1, 0.15) is 0 Å². The number of aromatic nitrogens is 2. The van der Waals surface area contributed by atoms with Crippen LogP contribution in [0.25, 0.3) is 0 Å². The predicted molar refractivity (Wildman–Crippen MR) is 61.7 cm³/mol. The zero-order valence-electron chi connectivity index (χ0n) is 9.54. The van der Waals surface area contributed by atoms with Crippen molar-refractivity contribution in [2.75, 3.05) is 18.0 Å². The van der Waals surface area contributed by atoms with E-state index in [9.17, 15) is 9.90 Å². The third-order valence-electron chi connectivity index (χ3n) is 4.13. The molecule has 90 valence electrons. The van der Waals surface area contributed by atoms with E-state index >= 15 is 0 Å². The lowest BCUT2D eigenvalue weighted by atomic mass is 9.63. The molecule has 1 aromatic heterocycles. The first-order chi connectivity index (χ1) is 8.21. The summed E-state index contributed by atoms with van der Waals surface area (Å²) in [5.74, 6) is -0.286. The molecule has 3 rings (SSSR count). The van der Waals surface area contributed by atoms with Crippen LogP contribution in [0.15, 0.2) is 18.5 Å². The first-order valence-electron chi connectivity index (χ1n) is 5.96. The number of hydrogen-bond donors (Lipinski definition) is 1. The van der Waals surface area contributed by atoms with Crippen LogP contribution in [-0.2, 0) is 4.79 Å². The fourth-order valence-electron chi connectivity index (χ4n) is 3.05. The van der Waals surface area contributed by atoms with Gasteiger partial charge in [-0.1, -0.05) is 6.42 Å². The number of carboxylic acid groups (broad SMARTS) is 1. The van der Waals surface area contributed by atoms with Crippen molar-refractivity contribution < 1.29 is 9.90 Å². The van der Waals surface area contributed by atoms with Crippen LogP contribution in [0.4, 0.5) is 5.95 Å². The van der Waals surface area contributed by atoms with Crippen molar-refractivity contribution in [2.45, 2.75) is 19.3 Å². The Balaban J connectivity index is 1.85. The average Bonchev–Trinajstić information content (AvgIpc) is 2.70. The highest BCUT2D eigenvalue weighted by atomic mass is 16.4. The topological polar surface area (TPSA) is 66.3 Å². The number of carboxylic acids is 1. The minimum atomic E-state index is -0.678. The van der Waals surface area contributed by atoms with Crippen LogP contribution < -0.4 is 4.90 Å². The van der Waals surface area contributed by atoms with E-state index in [-0.39, 0.29) is 11.3 Å².